The van der Waals surface area contributed by atoms with Crippen LogP contribution in [0.25, 0.3) is 22.8 Å². The van der Waals surface area contributed by atoms with Gasteiger partial charge in [-0.15, -0.1) is 10.2 Å². The van der Waals surface area contributed by atoms with Gasteiger partial charge in [-0.2, -0.15) is 5.10 Å². The molecule has 0 saturated heterocycles. The lowest BCUT2D eigenvalue weighted by Gasteiger charge is -2.10. The summed E-state index contributed by atoms with van der Waals surface area (Å²) in [6, 6.07) is 14.5. The van der Waals surface area contributed by atoms with E-state index < -0.39 is 0 Å². The van der Waals surface area contributed by atoms with Gasteiger partial charge < -0.3 is 25.4 Å². The molecule has 12 heteroatoms. The van der Waals surface area contributed by atoms with Crippen LogP contribution in [0.4, 0.5) is 5.69 Å². The van der Waals surface area contributed by atoms with E-state index in [1.165, 1.54) is 11.8 Å². The number of nitrogens with two attached hydrogens (primary N) is 1. The Bertz CT molecular complexity index is 1290. The number of aromatic nitrogens is 5. The minimum atomic E-state index is -0.231. The van der Waals surface area contributed by atoms with Crippen molar-refractivity contribution in [3.05, 3.63) is 48.5 Å². The van der Waals surface area contributed by atoms with Gasteiger partial charge in [0.05, 0.1) is 32.8 Å². The SMILES string of the molecule is COc1ccc(-c2cc(-c3nnc(SCC(=O)Nc4ccc(OC)c(OC)c4)n3N)[nH]n2)cc1. The van der Waals surface area contributed by atoms with E-state index in [4.69, 9.17) is 20.1 Å². The van der Waals surface area contributed by atoms with E-state index in [2.05, 4.69) is 25.7 Å². The van der Waals surface area contributed by atoms with Crippen LogP contribution in [0.3, 0.4) is 0 Å². The van der Waals surface area contributed by atoms with Gasteiger partial charge in [-0.05, 0) is 42.5 Å². The molecule has 0 atom stereocenters. The van der Waals surface area contributed by atoms with Crippen LogP contribution >= 0.6 is 11.8 Å². The minimum Gasteiger partial charge on any atom is -0.497 e. The summed E-state index contributed by atoms with van der Waals surface area (Å²) in [5.74, 6) is 8.29. The summed E-state index contributed by atoms with van der Waals surface area (Å²) in [4.78, 5) is 12.4. The van der Waals surface area contributed by atoms with Gasteiger partial charge in [0.15, 0.2) is 11.5 Å². The lowest BCUT2D eigenvalue weighted by Crippen LogP contribution is -2.16. The molecular weight excluding hydrogens is 458 g/mol. The second kappa shape index (κ2) is 10.2. The number of nitrogens with zero attached hydrogens (tertiary/aromatic N) is 4. The number of aromatic amines is 1. The van der Waals surface area contributed by atoms with Gasteiger partial charge in [0.25, 0.3) is 0 Å². The molecule has 0 unspecified atom stereocenters. The average molecular weight is 482 g/mol. The molecule has 0 aliphatic heterocycles. The molecule has 11 nitrogen and oxygen atoms in total. The van der Waals surface area contributed by atoms with Gasteiger partial charge in [-0.1, -0.05) is 11.8 Å². The Morgan fingerprint density at radius 1 is 1.03 bits per heavy atom. The minimum absolute atomic E-state index is 0.0871. The first-order chi connectivity index (χ1) is 16.5. The second-order valence-electron chi connectivity index (χ2n) is 6.98. The topological polar surface area (TPSA) is 142 Å². The number of hydrogen-bond donors (Lipinski definition) is 3. The first-order valence-electron chi connectivity index (χ1n) is 10.1. The van der Waals surface area contributed by atoms with Crippen molar-refractivity contribution in [3.8, 4) is 40.0 Å². The maximum absolute atomic E-state index is 12.4. The summed E-state index contributed by atoms with van der Waals surface area (Å²) in [7, 11) is 4.70. The molecule has 0 aliphatic carbocycles. The first kappa shape index (κ1) is 23.0. The van der Waals surface area contributed by atoms with Crippen LogP contribution in [0.1, 0.15) is 0 Å². The number of carbonyl (C=O) groups excluding carboxylic acids is 1. The molecular formula is C22H23N7O4S. The Balaban J connectivity index is 1.40. The van der Waals surface area contributed by atoms with Crippen LogP contribution in [0.5, 0.6) is 17.2 Å². The van der Waals surface area contributed by atoms with Crippen LogP contribution in [-0.4, -0.2) is 58.1 Å². The van der Waals surface area contributed by atoms with Crippen LogP contribution < -0.4 is 25.4 Å². The number of anilines is 1. The van der Waals surface area contributed by atoms with Gasteiger partial charge in [0, 0.05) is 17.3 Å². The van der Waals surface area contributed by atoms with Crippen molar-refractivity contribution in [2.75, 3.05) is 38.2 Å². The molecule has 1 amide bonds. The zero-order chi connectivity index (χ0) is 24.1. The van der Waals surface area contributed by atoms with Crippen molar-refractivity contribution < 1.29 is 19.0 Å². The van der Waals surface area contributed by atoms with Crippen molar-refractivity contribution >= 4 is 23.4 Å². The zero-order valence-electron chi connectivity index (χ0n) is 18.7. The number of methoxy groups -OCH3 is 3. The Morgan fingerprint density at radius 2 is 1.79 bits per heavy atom. The summed E-state index contributed by atoms with van der Waals surface area (Å²) in [6.07, 6.45) is 0. The number of thioether (sulfide) groups is 1. The maximum atomic E-state index is 12.4. The largest absolute Gasteiger partial charge is 0.497 e. The van der Waals surface area contributed by atoms with E-state index in [1.807, 2.05) is 30.3 Å². The van der Waals surface area contributed by atoms with E-state index in [0.29, 0.717) is 33.9 Å². The summed E-state index contributed by atoms with van der Waals surface area (Å²) in [5, 5.41) is 18.7. The van der Waals surface area contributed by atoms with Crippen LogP contribution in [0.2, 0.25) is 0 Å². The fraction of sp³-hybridized carbons (Fsp3) is 0.182. The number of carbonyl (C=O) groups is 1. The third-order valence-corrected chi connectivity index (χ3v) is 5.81. The Morgan fingerprint density at radius 3 is 2.50 bits per heavy atom. The van der Waals surface area contributed by atoms with Gasteiger partial charge in [-0.3, -0.25) is 9.89 Å². The Kier molecular flexibility index (Phi) is 6.87. The van der Waals surface area contributed by atoms with Gasteiger partial charge >= 0.3 is 0 Å². The molecule has 2 aromatic carbocycles. The van der Waals surface area contributed by atoms with Crippen molar-refractivity contribution in [2.24, 2.45) is 0 Å². The number of nitrogens with one attached hydrogen (secondary N) is 2. The van der Waals surface area contributed by atoms with Crippen LogP contribution in [0.15, 0.2) is 53.7 Å². The quantitative estimate of drug-likeness (QED) is 0.243. The molecule has 0 spiro atoms. The molecule has 0 bridgehead atoms. The highest BCUT2D eigenvalue weighted by Gasteiger charge is 2.17. The molecule has 4 aromatic rings. The van der Waals surface area contributed by atoms with E-state index in [-0.39, 0.29) is 11.7 Å². The second-order valence-corrected chi connectivity index (χ2v) is 7.92. The molecule has 4 rings (SSSR count). The number of ether oxygens (including phenoxy) is 3. The fourth-order valence-electron chi connectivity index (χ4n) is 3.15. The highest BCUT2D eigenvalue weighted by molar-refractivity contribution is 7.99. The number of H-pyrrole nitrogens is 1. The highest BCUT2D eigenvalue weighted by atomic mass is 32.2. The summed E-state index contributed by atoms with van der Waals surface area (Å²) < 4.78 is 17.0. The lowest BCUT2D eigenvalue weighted by atomic mass is 10.1. The van der Waals surface area contributed by atoms with Gasteiger partial charge in [0.1, 0.15) is 11.4 Å². The molecule has 4 N–H and O–H groups in total. The van der Waals surface area contributed by atoms with E-state index in [0.717, 1.165) is 28.8 Å². The normalized spacial score (nSPS) is 10.7. The van der Waals surface area contributed by atoms with Gasteiger partial charge in [-0.25, -0.2) is 4.68 Å². The number of amides is 1. The van der Waals surface area contributed by atoms with Crippen molar-refractivity contribution in [3.63, 3.8) is 0 Å². The van der Waals surface area contributed by atoms with E-state index in [1.54, 1.807) is 32.4 Å². The van der Waals surface area contributed by atoms with Crippen molar-refractivity contribution in [1.29, 1.82) is 0 Å². The van der Waals surface area contributed by atoms with E-state index in [9.17, 15) is 4.79 Å². The summed E-state index contributed by atoms with van der Waals surface area (Å²) >= 11 is 1.16. The standard InChI is InChI=1S/C22H23N7O4S/c1-31-15-7-4-13(5-8-15)16-11-17(26-25-16)21-27-28-22(29(21)23)34-12-20(30)24-14-6-9-18(32-2)19(10-14)33-3/h4-11H,12,23H2,1-3H3,(H,24,30)(H,25,26). The smallest absolute Gasteiger partial charge is 0.234 e. The average Bonchev–Trinajstić information content (AvgIpc) is 3.49. The van der Waals surface area contributed by atoms with Crippen molar-refractivity contribution in [2.45, 2.75) is 5.16 Å². The molecule has 34 heavy (non-hydrogen) atoms. The van der Waals surface area contributed by atoms with Crippen LogP contribution in [-0.2, 0) is 4.79 Å². The molecule has 0 saturated carbocycles. The van der Waals surface area contributed by atoms with Gasteiger partial charge in [0.2, 0.25) is 16.9 Å². The summed E-state index contributed by atoms with van der Waals surface area (Å²) in [6.45, 7) is 0. The Labute approximate surface area is 199 Å². The van der Waals surface area contributed by atoms with Crippen LogP contribution in [0, 0.1) is 0 Å². The van der Waals surface area contributed by atoms with Crippen molar-refractivity contribution in [1.82, 2.24) is 25.1 Å². The predicted octanol–water partition coefficient (Wildman–Crippen LogP) is 2.81. The third-order valence-electron chi connectivity index (χ3n) is 4.87. The maximum Gasteiger partial charge on any atom is 0.234 e. The number of hydrogen-bond acceptors (Lipinski definition) is 9. The molecule has 176 valence electrons. The molecule has 0 fully saturated rings. The molecule has 2 heterocycles. The predicted molar refractivity (Wildman–Crippen MR) is 129 cm³/mol. The lowest BCUT2D eigenvalue weighted by molar-refractivity contribution is -0.113. The molecule has 2 aromatic heterocycles. The number of benzene rings is 2. The molecule has 0 aliphatic rings. The zero-order valence-corrected chi connectivity index (χ0v) is 19.5. The van der Waals surface area contributed by atoms with E-state index >= 15 is 0 Å². The number of nitrogen functional groups attached to an aromatic ring is 1. The highest BCUT2D eigenvalue weighted by Crippen LogP contribution is 2.30. The number of rotatable bonds is 9. The fourth-order valence-corrected chi connectivity index (χ4v) is 3.80. The molecule has 0 radical (unpaired) electrons. The third kappa shape index (κ3) is 4.91. The monoisotopic (exact) mass is 481 g/mol. The first-order valence-corrected chi connectivity index (χ1v) is 11.1. The Hall–Kier alpha value is -4.19. The summed E-state index contributed by atoms with van der Waals surface area (Å²) in [5.41, 5.74) is 2.82.